The maximum Gasteiger partial charge on any atom is 0.192 e. The van der Waals surface area contributed by atoms with Crippen molar-refractivity contribution in [3.63, 3.8) is 0 Å². The van der Waals surface area contributed by atoms with Crippen molar-refractivity contribution >= 4 is 35.2 Å². The van der Waals surface area contributed by atoms with Crippen molar-refractivity contribution in [2.75, 3.05) is 6.61 Å². The fourth-order valence-corrected chi connectivity index (χ4v) is 4.04. The molecule has 0 aromatic heterocycles. The Morgan fingerprint density at radius 3 is 2.28 bits per heavy atom. The van der Waals surface area contributed by atoms with Gasteiger partial charge in [0.05, 0.1) is 15.7 Å². The molecular weight excluding hydrogens is 421 g/mol. The van der Waals surface area contributed by atoms with Gasteiger partial charge >= 0.3 is 0 Å². The van der Waals surface area contributed by atoms with Gasteiger partial charge in [0.1, 0.15) is 5.82 Å². The van der Waals surface area contributed by atoms with Gasteiger partial charge in [-0.15, -0.1) is 0 Å². The highest BCUT2D eigenvalue weighted by atomic mass is 79.9. The van der Waals surface area contributed by atoms with Crippen LogP contribution in [0.15, 0.2) is 22.7 Å². The van der Waals surface area contributed by atoms with Crippen LogP contribution in [0, 0.1) is 5.82 Å². The minimum atomic E-state index is -1.97. The first kappa shape index (κ1) is 23.0. The average molecular weight is 453 g/mol. The minimum absolute atomic E-state index is 0.0714. The topological polar surface area (TPSA) is 52.3 Å². The van der Waals surface area contributed by atoms with Gasteiger partial charge in [-0.3, -0.25) is 5.14 Å². The van der Waals surface area contributed by atoms with E-state index in [0.29, 0.717) is 23.1 Å². The van der Waals surface area contributed by atoms with Gasteiger partial charge in [-0.05, 0) is 56.1 Å². The Labute approximate surface area is 163 Å². The number of rotatable bonds is 7. The van der Waals surface area contributed by atoms with Crippen molar-refractivity contribution in [3.05, 3.63) is 34.1 Å². The third kappa shape index (κ3) is 6.24. The maximum atomic E-state index is 14.5. The lowest BCUT2D eigenvalue weighted by Crippen LogP contribution is -2.42. The average Bonchev–Trinajstić information content (AvgIpc) is 2.42. The van der Waals surface area contributed by atoms with E-state index in [-0.39, 0.29) is 16.8 Å². The third-order valence-corrected chi connectivity index (χ3v) is 11.4. The van der Waals surface area contributed by atoms with E-state index >= 15 is 0 Å². The van der Waals surface area contributed by atoms with E-state index in [9.17, 15) is 8.60 Å². The lowest BCUT2D eigenvalue weighted by molar-refractivity contribution is 0.248. The van der Waals surface area contributed by atoms with E-state index in [2.05, 4.69) is 49.8 Å². The standard InChI is InChI=1S/C18H31BrFNO2SSi/c1-17(2,3)25(6,7)23-12-13(11-18(4,5)24(21)22)15-9-8-14(19)10-16(15)20/h8-10,13H,11-12,21H2,1-7H3/t13-,24?/m1/s1. The summed E-state index contributed by atoms with van der Waals surface area (Å²) in [5.74, 6) is -0.485. The van der Waals surface area contributed by atoms with E-state index in [0.717, 1.165) is 0 Å². The molecule has 25 heavy (non-hydrogen) atoms. The van der Waals surface area contributed by atoms with Gasteiger partial charge in [0.2, 0.25) is 0 Å². The summed E-state index contributed by atoms with van der Waals surface area (Å²) in [5.41, 5.74) is 0.584. The number of hydrogen-bond acceptors (Lipinski definition) is 2. The molecule has 3 nitrogen and oxygen atoms in total. The van der Waals surface area contributed by atoms with Gasteiger partial charge in [0.25, 0.3) is 0 Å². The zero-order valence-electron chi connectivity index (χ0n) is 16.3. The van der Waals surface area contributed by atoms with Crippen molar-refractivity contribution in [2.45, 2.75) is 69.8 Å². The summed E-state index contributed by atoms with van der Waals surface area (Å²) in [6.45, 7) is 15.0. The second-order valence-corrected chi connectivity index (χ2v) is 16.1. The molecule has 1 rings (SSSR count). The molecule has 0 aliphatic heterocycles. The quantitative estimate of drug-likeness (QED) is 0.557. The fourth-order valence-electron chi connectivity index (χ4n) is 2.29. The molecule has 2 atom stereocenters. The van der Waals surface area contributed by atoms with Gasteiger partial charge in [-0.2, -0.15) is 0 Å². The molecule has 0 aliphatic rings. The first-order chi connectivity index (χ1) is 11.2. The molecule has 0 saturated heterocycles. The fraction of sp³-hybridized carbons (Fsp3) is 0.667. The molecule has 0 aliphatic carbocycles. The molecule has 0 amide bonds. The Kier molecular flexibility index (Phi) is 7.62. The predicted molar refractivity (Wildman–Crippen MR) is 111 cm³/mol. The summed E-state index contributed by atoms with van der Waals surface area (Å²) in [4.78, 5) is 0. The lowest BCUT2D eigenvalue weighted by Gasteiger charge is -2.38. The van der Waals surface area contributed by atoms with E-state index in [4.69, 9.17) is 9.56 Å². The molecule has 0 radical (unpaired) electrons. The van der Waals surface area contributed by atoms with Crippen LogP contribution in [0.2, 0.25) is 18.1 Å². The van der Waals surface area contributed by atoms with Crippen LogP contribution in [-0.2, 0) is 15.4 Å². The zero-order chi connectivity index (χ0) is 19.6. The van der Waals surface area contributed by atoms with Gasteiger partial charge in [-0.25, -0.2) is 8.60 Å². The molecule has 1 unspecified atom stereocenters. The Morgan fingerprint density at radius 1 is 1.28 bits per heavy atom. The first-order valence-corrected chi connectivity index (χ1v) is 13.3. The van der Waals surface area contributed by atoms with Crippen LogP contribution in [0.3, 0.4) is 0 Å². The molecule has 0 saturated carbocycles. The molecule has 0 spiro atoms. The van der Waals surface area contributed by atoms with E-state index < -0.39 is 24.1 Å². The number of hydrogen-bond donors (Lipinski definition) is 1. The summed E-state index contributed by atoms with van der Waals surface area (Å²) in [6, 6.07) is 5.06. The molecule has 0 heterocycles. The molecule has 2 N–H and O–H groups in total. The highest BCUT2D eigenvalue weighted by Crippen LogP contribution is 2.39. The predicted octanol–water partition coefficient (Wildman–Crippen LogP) is 5.48. The molecule has 1 aromatic carbocycles. The molecule has 0 bridgehead atoms. The summed E-state index contributed by atoms with van der Waals surface area (Å²) in [5, 5.41) is 5.72. The SMILES string of the molecule is CC(C)(C[C@H](CO[Si](C)(C)C(C)(C)C)c1ccc(Br)cc1F)S(N)=O. The Balaban J connectivity index is 3.14. The largest absolute Gasteiger partial charge is 0.416 e. The second kappa shape index (κ2) is 8.29. The van der Waals surface area contributed by atoms with Crippen LogP contribution < -0.4 is 5.14 Å². The number of nitrogens with two attached hydrogens (primary N) is 1. The highest BCUT2D eigenvalue weighted by molar-refractivity contribution is 9.10. The second-order valence-electron chi connectivity index (χ2n) is 8.70. The van der Waals surface area contributed by atoms with E-state index in [1.807, 2.05) is 19.9 Å². The van der Waals surface area contributed by atoms with Crippen LogP contribution in [0.5, 0.6) is 0 Å². The molecular formula is C18H31BrFNO2SSi. The van der Waals surface area contributed by atoms with Gasteiger partial charge in [-0.1, -0.05) is 42.8 Å². The van der Waals surface area contributed by atoms with Crippen LogP contribution in [-0.4, -0.2) is 23.9 Å². The number of benzene rings is 1. The zero-order valence-corrected chi connectivity index (χ0v) is 19.7. The van der Waals surface area contributed by atoms with Crippen LogP contribution in [0.4, 0.5) is 4.39 Å². The van der Waals surface area contributed by atoms with Gasteiger partial charge in [0, 0.05) is 17.0 Å². The molecule has 1 aromatic rings. The normalized spacial score (nSPS) is 15.9. The van der Waals surface area contributed by atoms with Crippen LogP contribution >= 0.6 is 15.9 Å². The molecule has 7 heteroatoms. The summed E-state index contributed by atoms with van der Waals surface area (Å²) in [6.07, 6.45) is 0.489. The van der Waals surface area contributed by atoms with Gasteiger partial charge < -0.3 is 4.43 Å². The summed E-state index contributed by atoms with van der Waals surface area (Å²) in [7, 11) is -3.47. The monoisotopic (exact) mass is 451 g/mol. The number of halogens is 2. The minimum Gasteiger partial charge on any atom is -0.416 e. The Hall–Kier alpha value is -0.0831. The first-order valence-electron chi connectivity index (χ1n) is 8.42. The van der Waals surface area contributed by atoms with Crippen molar-refractivity contribution < 1.29 is 13.0 Å². The Bertz CT molecular complexity index is 632. The van der Waals surface area contributed by atoms with Crippen molar-refractivity contribution in [3.8, 4) is 0 Å². The lowest BCUT2D eigenvalue weighted by atomic mass is 9.90. The summed E-state index contributed by atoms with van der Waals surface area (Å²) >= 11 is 3.29. The molecule has 0 fully saturated rings. The molecule has 144 valence electrons. The smallest absolute Gasteiger partial charge is 0.192 e. The van der Waals surface area contributed by atoms with Gasteiger partial charge in [0.15, 0.2) is 8.32 Å². The van der Waals surface area contributed by atoms with Crippen molar-refractivity contribution in [2.24, 2.45) is 5.14 Å². The summed E-state index contributed by atoms with van der Waals surface area (Å²) < 4.78 is 32.8. The third-order valence-electron chi connectivity index (χ3n) is 5.14. The highest BCUT2D eigenvalue weighted by Gasteiger charge is 2.39. The van der Waals surface area contributed by atoms with Crippen molar-refractivity contribution in [1.82, 2.24) is 0 Å². The maximum absolute atomic E-state index is 14.5. The van der Waals surface area contributed by atoms with Crippen molar-refractivity contribution in [1.29, 1.82) is 0 Å². The Morgan fingerprint density at radius 2 is 1.84 bits per heavy atom. The van der Waals surface area contributed by atoms with Crippen LogP contribution in [0.1, 0.15) is 52.5 Å². The van der Waals surface area contributed by atoms with E-state index in [1.165, 1.54) is 6.07 Å². The van der Waals surface area contributed by atoms with E-state index in [1.54, 1.807) is 6.07 Å². The van der Waals surface area contributed by atoms with Crippen LogP contribution in [0.25, 0.3) is 0 Å².